The lowest BCUT2D eigenvalue weighted by molar-refractivity contribution is 0.103. The van der Waals surface area contributed by atoms with Gasteiger partial charge in [-0.15, -0.1) is 0 Å². The molecule has 0 aromatic heterocycles. The Morgan fingerprint density at radius 1 is 1.17 bits per heavy atom. The van der Waals surface area contributed by atoms with E-state index in [1.54, 1.807) is 0 Å². The van der Waals surface area contributed by atoms with E-state index in [0.29, 0.717) is 6.42 Å². The summed E-state index contributed by atoms with van der Waals surface area (Å²) >= 11 is 0. The van der Waals surface area contributed by atoms with E-state index in [4.69, 9.17) is 0 Å². The minimum absolute atomic E-state index is 0.0451. The molecule has 1 saturated carbocycles. The second-order valence-electron chi connectivity index (χ2n) is 3.86. The zero-order valence-corrected chi connectivity index (χ0v) is 7.76. The van der Waals surface area contributed by atoms with Crippen LogP contribution in [0, 0.1) is 5.92 Å². The van der Waals surface area contributed by atoms with E-state index in [0.717, 1.165) is 19.3 Å². The van der Waals surface area contributed by atoms with Crippen LogP contribution < -0.4 is 0 Å². The van der Waals surface area contributed by atoms with Crippen molar-refractivity contribution >= 4 is 9.84 Å². The molecule has 70 valence electrons. The number of sulfone groups is 1. The summed E-state index contributed by atoms with van der Waals surface area (Å²) in [4.78, 5) is 0. The van der Waals surface area contributed by atoms with Gasteiger partial charge in [-0.1, -0.05) is 6.42 Å². The van der Waals surface area contributed by atoms with Gasteiger partial charge in [-0.05, 0) is 19.3 Å². The van der Waals surface area contributed by atoms with Crippen LogP contribution in [0.4, 0.5) is 0 Å². The van der Waals surface area contributed by atoms with Gasteiger partial charge in [0.2, 0.25) is 0 Å². The molecule has 2 rings (SSSR count). The van der Waals surface area contributed by atoms with Gasteiger partial charge < -0.3 is 5.11 Å². The van der Waals surface area contributed by atoms with Crippen LogP contribution in [0.3, 0.4) is 0 Å². The Morgan fingerprint density at radius 2 is 1.92 bits per heavy atom. The van der Waals surface area contributed by atoms with E-state index in [1.807, 2.05) is 0 Å². The highest BCUT2D eigenvalue weighted by atomic mass is 32.2. The Kier molecular flexibility index (Phi) is 1.92. The summed E-state index contributed by atoms with van der Waals surface area (Å²) in [5.74, 6) is 0.235. The largest absolute Gasteiger partial charge is 0.393 e. The molecule has 2 fully saturated rings. The molecule has 0 radical (unpaired) electrons. The molecule has 4 heteroatoms. The van der Waals surface area contributed by atoms with Crippen LogP contribution in [0.1, 0.15) is 25.7 Å². The van der Waals surface area contributed by atoms with Crippen LogP contribution in [-0.4, -0.2) is 30.6 Å². The average Bonchev–Trinajstić information content (AvgIpc) is 2.46. The van der Waals surface area contributed by atoms with Crippen LogP contribution >= 0.6 is 0 Å². The zero-order chi connectivity index (χ0) is 8.77. The van der Waals surface area contributed by atoms with Gasteiger partial charge in [0.05, 0.1) is 17.1 Å². The summed E-state index contributed by atoms with van der Waals surface area (Å²) in [6.45, 7) is 0. The average molecular weight is 190 g/mol. The monoisotopic (exact) mass is 190 g/mol. The lowest BCUT2D eigenvalue weighted by atomic mass is 9.98. The van der Waals surface area contributed by atoms with Crippen LogP contribution in [0.2, 0.25) is 0 Å². The highest BCUT2D eigenvalue weighted by Crippen LogP contribution is 2.38. The molecular formula is C8H14O3S. The molecule has 1 N–H and O–H groups in total. The maximum absolute atomic E-state index is 11.5. The molecule has 1 heterocycles. The first-order valence-electron chi connectivity index (χ1n) is 4.51. The summed E-state index contributed by atoms with van der Waals surface area (Å²) < 4.78 is 23.0. The first kappa shape index (κ1) is 8.51. The topological polar surface area (TPSA) is 54.4 Å². The summed E-state index contributed by atoms with van der Waals surface area (Å²) in [6.07, 6.45) is 2.71. The maximum Gasteiger partial charge on any atom is 0.153 e. The molecule has 12 heavy (non-hydrogen) atoms. The van der Waals surface area contributed by atoms with Crippen molar-refractivity contribution in [2.75, 3.05) is 5.75 Å². The lowest BCUT2D eigenvalue weighted by Crippen LogP contribution is -2.41. The van der Waals surface area contributed by atoms with Gasteiger partial charge in [0.25, 0.3) is 0 Å². The molecule has 0 unspecified atom stereocenters. The van der Waals surface area contributed by atoms with Gasteiger partial charge in [-0.2, -0.15) is 0 Å². The molecule has 1 aliphatic carbocycles. The van der Waals surface area contributed by atoms with Crippen molar-refractivity contribution in [1.29, 1.82) is 0 Å². The maximum atomic E-state index is 11.5. The van der Waals surface area contributed by atoms with Crippen LogP contribution in [0.5, 0.6) is 0 Å². The Balaban J connectivity index is 2.28. The molecule has 0 amide bonds. The normalized spacial score (nSPS) is 45.6. The fraction of sp³-hybridized carbons (Fsp3) is 1.00. The molecule has 2 aliphatic rings. The number of rotatable bonds is 0. The molecular weight excluding hydrogens is 176 g/mol. The fourth-order valence-corrected chi connectivity index (χ4v) is 4.74. The Morgan fingerprint density at radius 3 is 2.58 bits per heavy atom. The van der Waals surface area contributed by atoms with Gasteiger partial charge in [0.15, 0.2) is 9.84 Å². The van der Waals surface area contributed by atoms with Crippen LogP contribution in [0.25, 0.3) is 0 Å². The standard InChI is InChI=1S/C8H14O3S/c9-7-4-5-12(10,11)8-3-1-2-6(7)8/h6-9H,1-5H2/t6-,7-,8-/m0/s1. The van der Waals surface area contributed by atoms with E-state index in [9.17, 15) is 13.5 Å². The lowest BCUT2D eigenvalue weighted by Gasteiger charge is -2.29. The quantitative estimate of drug-likeness (QED) is 0.599. The van der Waals surface area contributed by atoms with Crippen molar-refractivity contribution < 1.29 is 13.5 Å². The van der Waals surface area contributed by atoms with Crippen LogP contribution in [0.15, 0.2) is 0 Å². The van der Waals surface area contributed by atoms with E-state index in [1.165, 1.54) is 0 Å². The highest BCUT2D eigenvalue weighted by Gasteiger charge is 2.44. The number of fused-ring (bicyclic) bond motifs is 1. The van der Waals surface area contributed by atoms with Crippen molar-refractivity contribution in [3.8, 4) is 0 Å². The van der Waals surface area contributed by atoms with Gasteiger partial charge in [-0.25, -0.2) is 8.42 Å². The molecule has 0 bridgehead atoms. The molecule has 0 aromatic carbocycles. The van der Waals surface area contributed by atoms with E-state index < -0.39 is 9.84 Å². The summed E-state index contributed by atoms with van der Waals surface area (Å²) in [5, 5.41) is 9.33. The third-order valence-corrected chi connectivity index (χ3v) is 5.47. The first-order chi connectivity index (χ1) is 5.61. The molecule has 0 spiro atoms. The smallest absolute Gasteiger partial charge is 0.153 e. The van der Waals surface area contributed by atoms with E-state index >= 15 is 0 Å². The van der Waals surface area contributed by atoms with Crippen LogP contribution in [-0.2, 0) is 9.84 Å². The van der Waals surface area contributed by atoms with Gasteiger partial charge in [0, 0.05) is 5.92 Å². The first-order valence-corrected chi connectivity index (χ1v) is 6.22. The number of hydrogen-bond donors (Lipinski definition) is 1. The molecule has 1 saturated heterocycles. The summed E-state index contributed by atoms with van der Waals surface area (Å²) in [7, 11) is -2.85. The Labute approximate surface area is 72.7 Å². The predicted octanol–water partition coefficient (Wildman–Crippen LogP) is 0.335. The fourth-order valence-electron chi connectivity index (χ4n) is 2.49. The highest BCUT2D eigenvalue weighted by molar-refractivity contribution is 7.92. The number of aliphatic hydroxyl groups is 1. The number of hydrogen-bond acceptors (Lipinski definition) is 3. The minimum Gasteiger partial charge on any atom is -0.393 e. The van der Waals surface area contributed by atoms with Crippen molar-refractivity contribution in [3.63, 3.8) is 0 Å². The minimum atomic E-state index is -2.85. The van der Waals surface area contributed by atoms with Gasteiger partial charge >= 0.3 is 0 Å². The Bertz CT molecular complexity index is 270. The van der Waals surface area contributed by atoms with Crippen molar-refractivity contribution in [2.45, 2.75) is 37.0 Å². The molecule has 3 nitrogen and oxygen atoms in total. The van der Waals surface area contributed by atoms with E-state index in [2.05, 4.69) is 0 Å². The summed E-state index contributed by atoms with van der Waals surface area (Å²) in [5.41, 5.74) is 0. The third-order valence-electron chi connectivity index (χ3n) is 3.16. The Hall–Kier alpha value is -0.0900. The van der Waals surface area contributed by atoms with Crippen molar-refractivity contribution in [3.05, 3.63) is 0 Å². The molecule has 0 aromatic rings. The van der Waals surface area contributed by atoms with Gasteiger partial charge in [-0.3, -0.25) is 0 Å². The zero-order valence-electron chi connectivity index (χ0n) is 6.94. The van der Waals surface area contributed by atoms with Crippen molar-refractivity contribution in [1.82, 2.24) is 0 Å². The molecule has 3 atom stereocenters. The van der Waals surface area contributed by atoms with Crippen molar-refractivity contribution in [2.24, 2.45) is 5.92 Å². The number of aliphatic hydroxyl groups excluding tert-OH is 1. The SMILES string of the molecule is O=S1(=O)CC[C@H](O)[C@@H]2CCC[C@@H]21. The third kappa shape index (κ3) is 1.17. The predicted molar refractivity (Wildman–Crippen MR) is 45.5 cm³/mol. The second-order valence-corrected chi connectivity index (χ2v) is 6.20. The second kappa shape index (κ2) is 2.70. The van der Waals surface area contributed by atoms with E-state index in [-0.39, 0.29) is 23.0 Å². The van der Waals surface area contributed by atoms with Gasteiger partial charge in [0.1, 0.15) is 0 Å². The summed E-state index contributed by atoms with van der Waals surface area (Å²) in [6, 6.07) is 0. The molecule has 1 aliphatic heterocycles.